The normalized spacial score (nSPS) is 24.5. The maximum Gasteiger partial charge on any atom is 0.0304 e. The number of nitrogens with zero attached hydrogens (tertiary/aromatic N) is 1. The van der Waals surface area contributed by atoms with Gasteiger partial charge < -0.3 is 5.73 Å². The van der Waals surface area contributed by atoms with E-state index in [1.165, 1.54) is 44.5 Å². The molecule has 2 nitrogen and oxygen atoms in total. The predicted molar refractivity (Wildman–Crippen MR) is 79.7 cm³/mol. The van der Waals surface area contributed by atoms with Crippen molar-refractivity contribution in [1.82, 2.24) is 4.90 Å². The van der Waals surface area contributed by atoms with Crippen LogP contribution in [-0.4, -0.2) is 40.6 Å². The fraction of sp³-hybridized carbons (Fsp3) is 1.00. The first-order valence-corrected chi connectivity index (χ1v) is 8.01. The lowest BCUT2D eigenvalue weighted by molar-refractivity contribution is 0.0929. The molecule has 1 rings (SSSR count). The smallest absolute Gasteiger partial charge is 0.0304 e. The molecule has 0 aliphatic carbocycles. The van der Waals surface area contributed by atoms with Crippen molar-refractivity contribution in [2.75, 3.05) is 25.4 Å². The van der Waals surface area contributed by atoms with Crippen molar-refractivity contribution in [3.8, 4) is 0 Å². The molecule has 1 saturated heterocycles. The quantitative estimate of drug-likeness (QED) is 0.742. The van der Waals surface area contributed by atoms with Crippen LogP contribution in [0, 0.1) is 0 Å². The summed E-state index contributed by atoms with van der Waals surface area (Å²) in [7, 11) is 0. The standard InChI is InChI=1S/C14H30N2S/c1-5-6-7-8-14(4,11-15)16-9-10-17-13(2,3)12-16/h5-12,15H2,1-4H3. The number of hydrogen-bond acceptors (Lipinski definition) is 3. The number of hydrogen-bond donors (Lipinski definition) is 1. The molecule has 0 aromatic rings. The average Bonchev–Trinajstić information content (AvgIpc) is 2.28. The molecule has 0 bridgehead atoms. The van der Waals surface area contributed by atoms with Gasteiger partial charge in [0.05, 0.1) is 0 Å². The van der Waals surface area contributed by atoms with Crippen molar-refractivity contribution >= 4 is 11.8 Å². The van der Waals surface area contributed by atoms with E-state index in [4.69, 9.17) is 5.73 Å². The van der Waals surface area contributed by atoms with Crippen LogP contribution < -0.4 is 5.73 Å². The Kier molecular flexibility index (Phi) is 5.81. The second-order valence-electron chi connectivity index (χ2n) is 6.19. The molecule has 1 fully saturated rings. The van der Waals surface area contributed by atoms with Gasteiger partial charge >= 0.3 is 0 Å². The summed E-state index contributed by atoms with van der Waals surface area (Å²) in [6.07, 6.45) is 5.19. The van der Waals surface area contributed by atoms with Crippen LogP contribution in [0.3, 0.4) is 0 Å². The fourth-order valence-electron chi connectivity index (χ4n) is 2.62. The van der Waals surface area contributed by atoms with E-state index < -0.39 is 0 Å². The highest BCUT2D eigenvalue weighted by Gasteiger charge is 2.36. The molecule has 0 saturated carbocycles. The highest BCUT2D eigenvalue weighted by atomic mass is 32.2. The zero-order valence-corrected chi connectivity index (χ0v) is 12.9. The monoisotopic (exact) mass is 258 g/mol. The van der Waals surface area contributed by atoms with Gasteiger partial charge in [0, 0.05) is 35.7 Å². The molecule has 1 aliphatic heterocycles. The third-order valence-corrected chi connectivity index (χ3v) is 5.25. The van der Waals surface area contributed by atoms with Gasteiger partial charge in [-0.15, -0.1) is 0 Å². The van der Waals surface area contributed by atoms with Gasteiger partial charge in [-0.05, 0) is 27.2 Å². The largest absolute Gasteiger partial charge is 0.329 e. The number of unbranched alkanes of at least 4 members (excludes halogenated alkanes) is 2. The second kappa shape index (κ2) is 6.44. The van der Waals surface area contributed by atoms with Crippen LogP contribution in [0.1, 0.15) is 53.4 Å². The molecule has 1 heterocycles. The Morgan fingerprint density at radius 3 is 2.59 bits per heavy atom. The number of rotatable bonds is 6. The Hall–Kier alpha value is 0.270. The Balaban J connectivity index is 2.58. The van der Waals surface area contributed by atoms with E-state index in [2.05, 4.69) is 44.4 Å². The molecule has 17 heavy (non-hydrogen) atoms. The summed E-state index contributed by atoms with van der Waals surface area (Å²) in [5, 5.41) is 0. The van der Waals surface area contributed by atoms with E-state index in [-0.39, 0.29) is 5.54 Å². The third kappa shape index (κ3) is 4.46. The zero-order valence-electron chi connectivity index (χ0n) is 12.1. The Labute approximate surface area is 112 Å². The third-order valence-electron chi connectivity index (χ3n) is 3.95. The first kappa shape index (κ1) is 15.3. The summed E-state index contributed by atoms with van der Waals surface area (Å²) in [6, 6.07) is 0. The summed E-state index contributed by atoms with van der Waals surface area (Å²) >= 11 is 2.10. The van der Waals surface area contributed by atoms with Crippen LogP contribution in [0.15, 0.2) is 0 Å². The molecular formula is C14H30N2S. The molecule has 1 unspecified atom stereocenters. The minimum atomic E-state index is 0.216. The van der Waals surface area contributed by atoms with Crippen molar-refractivity contribution < 1.29 is 0 Å². The van der Waals surface area contributed by atoms with Crippen LogP contribution in [0.2, 0.25) is 0 Å². The van der Waals surface area contributed by atoms with Crippen molar-refractivity contribution in [3.05, 3.63) is 0 Å². The van der Waals surface area contributed by atoms with Crippen molar-refractivity contribution in [1.29, 1.82) is 0 Å². The van der Waals surface area contributed by atoms with Crippen LogP contribution >= 0.6 is 11.8 Å². The molecule has 2 N–H and O–H groups in total. The second-order valence-corrected chi connectivity index (χ2v) is 7.99. The van der Waals surface area contributed by atoms with Crippen molar-refractivity contribution in [2.24, 2.45) is 5.73 Å². The minimum Gasteiger partial charge on any atom is -0.329 e. The summed E-state index contributed by atoms with van der Waals surface area (Å²) in [5.74, 6) is 1.25. The summed E-state index contributed by atoms with van der Waals surface area (Å²) in [5.41, 5.74) is 6.28. The zero-order chi connectivity index (χ0) is 12.9. The first-order valence-electron chi connectivity index (χ1n) is 7.02. The lowest BCUT2D eigenvalue weighted by Crippen LogP contribution is -2.58. The molecule has 102 valence electrons. The van der Waals surface area contributed by atoms with Gasteiger partial charge in [-0.25, -0.2) is 0 Å². The minimum absolute atomic E-state index is 0.216. The Morgan fingerprint density at radius 1 is 1.35 bits per heavy atom. The Bertz CT molecular complexity index is 230. The van der Waals surface area contributed by atoms with Crippen molar-refractivity contribution in [2.45, 2.75) is 63.7 Å². The lowest BCUT2D eigenvalue weighted by atomic mass is 9.91. The summed E-state index contributed by atoms with van der Waals surface area (Å²) in [6.45, 7) is 12.5. The highest BCUT2D eigenvalue weighted by molar-refractivity contribution is 8.00. The summed E-state index contributed by atoms with van der Waals surface area (Å²) in [4.78, 5) is 2.64. The molecule has 1 atom stereocenters. The average molecular weight is 258 g/mol. The van der Waals surface area contributed by atoms with Gasteiger partial charge in [0.1, 0.15) is 0 Å². The van der Waals surface area contributed by atoms with Gasteiger partial charge in [0.15, 0.2) is 0 Å². The van der Waals surface area contributed by atoms with Crippen LogP contribution in [0.4, 0.5) is 0 Å². The van der Waals surface area contributed by atoms with Crippen LogP contribution in [0.25, 0.3) is 0 Å². The molecule has 1 aliphatic rings. The van der Waals surface area contributed by atoms with Gasteiger partial charge in [0.25, 0.3) is 0 Å². The van der Waals surface area contributed by atoms with E-state index in [9.17, 15) is 0 Å². The lowest BCUT2D eigenvalue weighted by Gasteiger charge is -2.47. The molecular weight excluding hydrogens is 228 g/mol. The number of thioether (sulfide) groups is 1. The molecule has 0 spiro atoms. The van der Waals surface area contributed by atoms with Crippen molar-refractivity contribution in [3.63, 3.8) is 0 Å². The molecule has 3 heteroatoms. The number of nitrogens with two attached hydrogens (primary N) is 1. The fourth-order valence-corrected chi connectivity index (χ4v) is 3.73. The summed E-state index contributed by atoms with van der Waals surface area (Å²) < 4.78 is 0.388. The maximum atomic E-state index is 6.06. The Morgan fingerprint density at radius 2 is 2.06 bits per heavy atom. The van der Waals surface area contributed by atoms with E-state index >= 15 is 0 Å². The molecule has 0 amide bonds. The molecule has 0 aromatic heterocycles. The predicted octanol–water partition coefficient (Wildman–Crippen LogP) is 3.11. The molecule has 0 aromatic carbocycles. The SMILES string of the molecule is CCCCCC(C)(CN)N1CCSC(C)(C)C1. The molecule has 0 radical (unpaired) electrons. The highest BCUT2D eigenvalue weighted by Crippen LogP contribution is 2.34. The van der Waals surface area contributed by atoms with E-state index in [0.29, 0.717) is 4.75 Å². The van der Waals surface area contributed by atoms with Crippen LogP contribution in [0.5, 0.6) is 0 Å². The topological polar surface area (TPSA) is 29.3 Å². The maximum absolute atomic E-state index is 6.06. The van der Waals surface area contributed by atoms with Gasteiger partial charge in [-0.3, -0.25) is 4.90 Å². The van der Waals surface area contributed by atoms with Crippen LogP contribution in [-0.2, 0) is 0 Å². The van der Waals surface area contributed by atoms with Gasteiger partial charge in [-0.2, -0.15) is 11.8 Å². The van der Waals surface area contributed by atoms with Gasteiger partial charge in [-0.1, -0.05) is 26.2 Å². The van der Waals surface area contributed by atoms with E-state index in [1.807, 2.05) is 0 Å². The van der Waals surface area contributed by atoms with E-state index in [0.717, 1.165) is 6.54 Å². The first-order chi connectivity index (χ1) is 7.93. The van der Waals surface area contributed by atoms with E-state index in [1.54, 1.807) is 0 Å². The van der Waals surface area contributed by atoms with Gasteiger partial charge in [0.2, 0.25) is 0 Å².